The van der Waals surface area contributed by atoms with Crippen molar-refractivity contribution in [3.63, 3.8) is 0 Å². The Morgan fingerprint density at radius 2 is 1.71 bits per heavy atom. The van der Waals surface area contributed by atoms with Crippen molar-refractivity contribution < 1.29 is 27.1 Å². The first-order valence-electron chi connectivity index (χ1n) is 11.6. The van der Waals surface area contributed by atoms with Crippen LogP contribution in [0.3, 0.4) is 0 Å². The number of halogens is 1. The van der Waals surface area contributed by atoms with Gasteiger partial charge in [0, 0.05) is 37.0 Å². The molecular weight excluding hydrogens is 531 g/mol. The lowest BCUT2D eigenvalue weighted by molar-refractivity contribution is -0.114. The Kier molecular flexibility index (Phi) is 8.35. The standard InChI is InChI=1S/C26H25FN4O5S2/c1-3-36-15-14-31-23-13-10-21(28-17(2)32)16-24(23)37-26(31)29-25(33)18-4-8-20(9-5-18)30-38(34,35)22-11-6-19(27)7-12-22/h4-13,16,30H,3,14-15H2,1-2H3,(H,28,32). The zero-order valence-corrected chi connectivity index (χ0v) is 22.2. The summed E-state index contributed by atoms with van der Waals surface area (Å²) in [6.07, 6.45) is 0. The van der Waals surface area contributed by atoms with Crippen LogP contribution in [0.4, 0.5) is 15.8 Å². The fourth-order valence-electron chi connectivity index (χ4n) is 3.62. The van der Waals surface area contributed by atoms with Gasteiger partial charge in [-0.1, -0.05) is 11.3 Å². The van der Waals surface area contributed by atoms with Crippen LogP contribution in [0, 0.1) is 5.82 Å². The van der Waals surface area contributed by atoms with E-state index in [0.717, 1.165) is 22.3 Å². The van der Waals surface area contributed by atoms with Crippen LogP contribution in [-0.4, -0.2) is 38.0 Å². The minimum absolute atomic E-state index is 0.0860. The number of amides is 2. The lowest BCUT2D eigenvalue weighted by Crippen LogP contribution is -2.19. The number of nitrogens with one attached hydrogen (secondary N) is 2. The molecule has 0 unspecified atom stereocenters. The second kappa shape index (κ2) is 11.7. The van der Waals surface area contributed by atoms with Crippen LogP contribution in [0.2, 0.25) is 0 Å². The molecule has 12 heteroatoms. The van der Waals surface area contributed by atoms with Gasteiger partial charge < -0.3 is 14.6 Å². The maximum atomic E-state index is 13.1. The fraction of sp³-hybridized carbons (Fsp3) is 0.192. The summed E-state index contributed by atoms with van der Waals surface area (Å²) in [5, 5.41) is 2.75. The molecule has 2 amide bonds. The number of fused-ring (bicyclic) bond motifs is 1. The number of thiazole rings is 1. The Bertz CT molecular complexity index is 1640. The van der Waals surface area contributed by atoms with Crippen LogP contribution < -0.4 is 14.8 Å². The molecular formula is C26H25FN4O5S2. The van der Waals surface area contributed by atoms with Crippen LogP contribution in [0.15, 0.2) is 76.6 Å². The van der Waals surface area contributed by atoms with Gasteiger partial charge in [-0.2, -0.15) is 4.99 Å². The smallest absolute Gasteiger partial charge is 0.279 e. The highest BCUT2D eigenvalue weighted by Crippen LogP contribution is 2.23. The number of benzene rings is 3. The predicted octanol–water partition coefficient (Wildman–Crippen LogP) is 4.38. The van der Waals surface area contributed by atoms with Crippen molar-refractivity contribution in [2.45, 2.75) is 25.3 Å². The molecule has 0 saturated heterocycles. The largest absolute Gasteiger partial charge is 0.380 e. The molecule has 2 N–H and O–H groups in total. The predicted molar refractivity (Wildman–Crippen MR) is 144 cm³/mol. The number of rotatable bonds is 9. The van der Waals surface area contributed by atoms with E-state index in [1.165, 1.54) is 54.7 Å². The minimum atomic E-state index is -3.92. The average molecular weight is 557 g/mol. The fourth-order valence-corrected chi connectivity index (χ4v) is 5.77. The number of hydrogen-bond donors (Lipinski definition) is 2. The van der Waals surface area contributed by atoms with Gasteiger partial charge in [0.25, 0.3) is 15.9 Å². The number of carbonyl (C=O) groups excluding carboxylic acids is 2. The highest BCUT2D eigenvalue weighted by Gasteiger charge is 2.15. The van der Waals surface area contributed by atoms with Crippen LogP contribution >= 0.6 is 11.3 Å². The molecule has 0 aliphatic heterocycles. The van der Waals surface area contributed by atoms with Gasteiger partial charge in [-0.15, -0.1) is 0 Å². The van der Waals surface area contributed by atoms with Crippen molar-refractivity contribution in [3.8, 4) is 0 Å². The van der Waals surface area contributed by atoms with Gasteiger partial charge in [0.1, 0.15) is 5.82 Å². The summed E-state index contributed by atoms with van der Waals surface area (Å²) < 4.78 is 48.8. The molecule has 0 bridgehead atoms. The van der Waals surface area contributed by atoms with E-state index in [0.29, 0.717) is 30.2 Å². The Labute approximate surface area is 222 Å². The first-order chi connectivity index (χ1) is 18.2. The van der Waals surface area contributed by atoms with Gasteiger partial charge in [0.2, 0.25) is 5.91 Å². The van der Waals surface area contributed by atoms with E-state index in [1.54, 1.807) is 6.07 Å². The van der Waals surface area contributed by atoms with Crippen LogP contribution in [0.1, 0.15) is 24.2 Å². The summed E-state index contributed by atoms with van der Waals surface area (Å²) in [7, 11) is -3.92. The normalized spacial score (nSPS) is 12.0. The zero-order valence-electron chi connectivity index (χ0n) is 20.6. The first kappa shape index (κ1) is 27.2. The molecule has 1 heterocycles. The summed E-state index contributed by atoms with van der Waals surface area (Å²) >= 11 is 1.31. The van der Waals surface area contributed by atoms with E-state index >= 15 is 0 Å². The Hall–Kier alpha value is -3.87. The van der Waals surface area contributed by atoms with Gasteiger partial charge in [-0.25, -0.2) is 12.8 Å². The summed E-state index contributed by atoms with van der Waals surface area (Å²) in [6.45, 7) is 4.79. The molecule has 4 rings (SSSR count). The third kappa shape index (κ3) is 6.52. The number of nitrogens with zero attached hydrogens (tertiary/aromatic N) is 2. The van der Waals surface area contributed by atoms with Crippen molar-refractivity contribution >= 4 is 54.8 Å². The molecule has 0 radical (unpaired) electrons. The third-order valence-corrected chi connectivity index (χ3v) is 7.81. The lowest BCUT2D eigenvalue weighted by Gasteiger charge is -2.08. The number of anilines is 2. The maximum absolute atomic E-state index is 13.1. The second-order valence-corrected chi connectivity index (χ2v) is 10.8. The first-order valence-corrected chi connectivity index (χ1v) is 13.9. The topological polar surface area (TPSA) is 119 Å². The third-order valence-electron chi connectivity index (χ3n) is 5.37. The van der Waals surface area contributed by atoms with Crippen LogP contribution in [0.5, 0.6) is 0 Å². The second-order valence-electron chi connectivity index (χ2n) is 8.15. The molecule has 9 nitrogen and oxygen atoms in total. The highest BCUT2D eigenvalue weighted by atomic mass is 32.2. The van der Waals surface area contributed by atoms with Gasteiger partial charge in [-0.05, 0) is 73.7 Å². The van der Waals surface area contributed by atoms with E-state index in [-0.39, 0.29) is 22.1 Å². The molecule has 198 valence electrons. The maximum Gasteiger partial charge on any atom is 0.279 e. The quantitative estimate of drug-likeness (QED) is 0.297. The molecule has 0 aliphatic rings. The van der Waals surface area contributed by atoms with Crippen LogP contribution in [-0.2, 0) is 26.1 Å². The number of carbonyl (C=O) groups is 2. The summed E-state index contributed by atoms with van der Waals surface area (Å²) in [6, 6.07) is 15.8. The SMILES string of the molecule is CCOCCn1c(=NC(=O)c2ccc(NS(=O)(=O)c3ccc(F)cc3)cc2)sc2cc(NC(C)=O)ccc21. The van der Waals surface area contributed by atoms with E-state index in [9.17, 15) is 22.4 Å². The van der Waals surface area contributed by atoms with E-state index < -0.39 is 21.7 Å². The van der Waals surface area contributed by atoms with E-state index in [1.807, 2.05) is 23.6 Å². The van der Waals surface area contributed by atoms with Gasteiger partial charge in [0.05, 0.1) is 21.7 Å². The highest BCUT2D eigenvalue weighted by molar-refractivity contribution is 7.92. The van der Waals surface area contributed by atoms with Crippen LogP contribution in [0.25, 0.3) is 10.2 Å². The van der Waals surface area contributed by atoms with Crippen molar-refractivity contribution in [1.29, 1.82) is 0 Å². The lowest BCUT2D eigenvalue weighted by atomic mass is 10.2. The van der Waals surface area contributed by atoms with Gasteiger partial charge >= 0.3 is 0 Å². The van der Waals surface area contributed by atoms with Crippen molar-refractivity contribution in [2.24, 2.45) is 4.99 Å². The summed E-state index contributed by atoms with van der Waals surface area (Å²) in [4.78, 5) is 29.1. The van der Waals surface area contributed by atoms with Crippen molar-refractivity contribution in [3.05, 3.63) is 82.9 Å². The molecule has 0 saturated carbocycles. The summed E-state index contributed by atoms with van der Waals surface area (Å²) in [5.74, 6) is -1.23. The number of aromatic nitrogens is 1. The molecule has 3 aromatic carbocycles. The number of hydrogen-bond acceptors (Lipinski definition) is 6. The molecule has 0 aliphatic carbocycles. The van der Waals surface area contributed by atoms with Crippen molar-refractivity contribution in [1.82, 2.24) is 4.57 Å². The molecule has 4 aromatic rings. The van der Waals surface area contributed by atoms with Gasteiger partial charge in [0.15, 0.2) is 4.80 Å². The Morgan fingerprint density at radius 3 is 2.37 bits per heavy atom. The monoisotopic (exact) mass is 556 g/mol. The average Bonchev–Trinajstić information content (AvgIpc) is 3.20. The molecule has 1 aromatic heterocycles. The Morgan fingerprint density at radius 1 is 1.03 bits per heavy atom. The summed E-state index contributed by atoms with van der Waals surface area (Å²) in [5.41, 5.74) is 1.99. The number of sulfonamides is 1. The molecule has 0 atom stereocenters. The number of ether oxygens (including phenoxy) is 1. The van der Waals surface area contributed by atoms with E-state index in [4.69, 9.17) is 4.74 Å². The molecule has 0 spiro atoms. The zero-order chi connectivity index (χ0) is 27.3. The van der Waals surface area contributed by atoms with Crippen molar-refractivity contribution in [2.75, 3.05) is 23.3 Å². The molecule has 0 fully saturated rings. The molecule has 38 heavy (non-hydrogen) atoms. The Balaban J connectivity index is 1.60. The minimum Gasteiger partial charge on any atom is -0.380 e. The van der Waals surface area contributed by atoms with E-state index in [2.05, 4.69) is 15.0 Å². The van der Waals surface area contributed by atoms with Gasteiger partial charge in [-0.3, -0.25) is 14.3 Å².